The molecule has 0 aromatic rings. The summed E-state index contributed by atoms with van der Waals surface area (Å²) in [7, 11) is 0. The van der Waals surface area contributed by atoms with Crippen molar-refractivity contribution in [1.82, 2.24) is 10.6 Å². The summed E-state index contributed by atoms with van der Waals surface area (Å²) >= 11 is 1.04. The van der Waals surface area contributed by atoms with E-state index in [1.54, 1.807) is 0 Å². The summed E-state index contributed by atoms with van der Waals surface area (Å²) in [5.74, 6) is -0.0172. The van der Waals surface area contributed by atoms with Crippen LogP contribution in [0, 0.1) is 0 Å². The van der Waals surface area contributed by atoms with Gasteiger partial charge in [-0.05, 0) is 6.92 Å². The lowest BCUT2D eigenvalue weighted by Crippen LogP contribution is -2.56. The lowest BCUT2D eigenvalue weighted by molar-refractivity contribution is -0.125. The van der Waals surface area contributed by atoms with Crippen molar-refractivity contribution in [2.75, 3.05) is 19.0 Å². The van der Waals surface area contributed by atoms with Crippen LogP contribution in [-0.4, -0.2) is 51.9 Å². The van der Waals surface area contributed by atoms with Gasteiger partial charge in [0.25, 0.3) is 5.24 Å². The SMILES string of the molecule is CC(CO)(CO)NC(=O)C1CSC(=O)N1. The van der Waals surface area contributed by atoms with Crippen molar-refractivity contribution < 1.29 is 19.8 Å². The first-order valence-electron chi connectivity index (χ1n) is 4.48. The Balaban J connectivity index is 2.51. The number of nitrogens with one attached hydrogen (secondary N) is 2. The average molecular weight is 234 g/mol. The summed E-state index contributed by atoms with van der Waals surface area (Å²) in [4.78, 5) is 22.4. The number of carbonyl (C=O) groups excluding carboxylic acids is 2. The predicted octanol–water partition coefficient (Wildman–Crippen LogP) is -1.33. The van der Waals surface area contributed by atoms with Crippen molar-refractivity contribution in [1.29, 1.82) is 0 Å². The number of carbonyl (C=O) groups is 2. The third-order valence-corrected chi connectivity index (χ3v) is 2.99. The van der Waals surface area contributed by atoms with Crippen LogP contribution in [0.3, 0.4) is 0 Å². The Labute approximate surface area is 91.4 Å². The van der Waals surface area contributed by atoms with Crippen molar-refractivity contribution in [3.8, 4) is 0 Å². The molecule has 86 valence electrons. The van der Waals surface area contributed by atoms with Crippen molar-refractivity contribution in [3.05, 3.63) is 0 Å². The number of hydrogen-bond donors (Lipinski definition) is 4. The van der Waals surface area contributed by atoms with E-state index in [1.165, 1.54) is 6.92 Å². The first-order valence-corrected chi connectivity index (χ1v) is 5.46. The number of hydrogen-bond acceptors (Lipinski definition) is 5. The zero-order chi connectivity index (χ0) is 11.5. The summed E-state index contributed by atoms with van der Waals surface area (Å²) in [6, 6.07) is -0.583. The van der Waals surface area contributed by atoms with Gasteiger partial charge >= 0.3 is 0 Å². The highest BCUT2D eigenvalue weighted by Crippen LogP contribution is 2.13. The van der Waals surface area contributed by atoms with Gasteiger partial charge in [0.1, 0.15) is 6.04 Å². The molecule has 2 amide bonds. The van der Waals surface area contributed by atoms with Gasteiger partial charge in [-0.25, -0.2) is 0 Å². The van der Waals surface area contributed by atoms with Gasteiger partial charge in [-0.2, -0.15) is 0 Å². The smallest absolute Gasteiger partial charge is 0.279 e. The van der Waals surface area contributed by atoms with E-state index in [9.17, 15) is 9.59 Å². The second kappa shape index (κ2) is 4.82. The average Bonchev–Trinajstić information content (AvgIpc) is 2.65. The Kier molecular flexibility index (Phi) is 3.95. The Morgan fingerprint density at radius 1 is 1.67 bits per heavy atom. The van der Waals surface area contributed by atoms with Crippen LogP contribution >= 0.6 is 11.8 Å². The standard InChI is InChI=1S/C8H14N2O4S/c1-8(3-11,4-12)10-6(13)5-2-15-7(14)9-5/h5,11-12H,2-4H2,1H3,(H,9,14)(H,10,13). The van der Waals surface area contributed by atoms with Gasteiger partial charge in [-0.15, -0.1) is 0 Å². The van der Waals surface area contributed by atoms with E-state index < -0.39 is 11.6 Å². The zero-order valence-electron chi connectivity index (χ0n) is 8.32. The third kappa shape index (κ3) is 3.08. The fourth-order valence-electron chi connectivity index (χ4n) is 1.04. The highest BCUT2D eigenvalue weighted by Gasteiger charge is 2.32. The van der Waals surface area contributed by atoms with E-state index in [4.69, 9.17) is 10.2 Å². The van der Waals surface area contributed by atoms with Crippen LogP contribution in [0.4, 0.5) is 4.79 Å². The molecule has 0 spiro atoms. The molecular formula is C8H14N2O4S. The number of thioether (sulfide) groups is 1. The predicted molar refractivity (Wildman–Crippen MR) is 55.5 cm³/mol. The highest BCUT2D eigenvalue weighted by atomic mass is 32.2. The molecule has 1 aliphatic heterocycles. The molecule has 1 atom stereocenters. The highest BCUT2D eigenvalue weighted by molar-refractivity contribution is 8.14. The molecule has 0 radical (unpaired) electrons. The molecule has 1 saturated heterocycles. The molecule has 0 aromatic carbocycles. The summed E-state index contributed by atoms with van der Waals surface area (Å²) in [5.41, 5.74) is -1.05. The lowest BCUT2D eigenvalue weighted by atomic mass is 10.1. The van der Waals surface area contributed by atoms with E-state index in [2.05, 4.69) is 10.6 Å². The maximum absolute atomic E-state index is 11.6. The van der Waals surface area contributed by atoms with E-state index in [0.717, 1.165) is 11.8 Å². The van der Waals surface area contributed by atoms with Crippen LogP contribution in [0.1, 0.15) is 6.92 Å². The van der Waals surface area contributed by atoms with Crippen LogP contribution in [0.15, 0.2) is 0 Å². The normalized spacial score (nSPS) is 21.3. The molecule has 0 aromatic heterocycles. The number of rotatable bonds is 4. The second-order valence-electron chi connectivity index (χ2n) is 3.66. The molecule has 1 fully saturated rings. The first-order chi connectivity index (χ1) is 7.00. The largest absolute Gasteiger partial charge is 0.394 e. The minimum atomic E-state index is -1.05. The second-order valence-corrected chi connectivity index (χ2v) is 4.65. The van der Waals surface area contributed by atoms with E-state index in [-0.39, 0.29) is 24.4 Å². The minimum Gasteiger partial charge on any atom is -0.394 e. The molecule has 7 heteroatoms. The summed E-state index contributed by atoms with van der Waals surface area (Å²) in [5, 5.41) is 22.7. The molecule has 6 nitrogen and oxygen atoms in total. The summed E-state index contributed by atoms with van der Waals surface area (Å²) in [6.45, 7) is 0.806. The number of aliphatic hydroxyl groups is 2. The quantitative estimate of drug-likeness (QED) is 0.483. The lowest BCUT2D eigenvalue weighted by Gasteiger charge is -2.27. The van der Waals surface area contributed by atoms with Crippen LogP contribution < -0.4 is 10.6 Å². The molecular weight excluding hydrogens is 220 g/mol. The molecule has 0 saturated carbocycles. The molecule has 0 aliphatic carbocycles. The van der Waals surface area contributed by atoms with Gasteiger partial charge in [0.05, 0.1) is 18.8 Å². The van der Waals surface area contributed by atoms with Crippen molar-refractivity contribution in [3.63, 3.8) is 0 Å². The Hall–Kier alpha value is -0.790. The zero-order valence-corrected chi connectivity index (χ0v) is 9.13. The molecule has 1 aliphatic rings. The van der Waals surface area contributed by atoms with Crippen LogP contribution in [0.2, 0.25) is 0 Å². The van der Waals surface area contributed by atoms with Gasteiger partial charge in [-0.3, -0.25) is 9.59 Å². The van der Waals surface area contributed by atoms with Crippen molar-refractivity contribution >= 4 is 22.9 Å². The summed E-state index contributed by atoms with van der Waals surface area (Å²) < 4.78 is 0. The molecule has 4 N–H and O–H groups in total. The fraction of sp³-hybridized carbons (Fsp3) is 0.750. The fourth-order valence-corrected chi connectivity index (χ4v) is 1.82. The molecule has 1 heterocycles. The van der Waals surface area contributed by atoms with Gasteiger partial charge in [0.2, 0.25) is 5.91 Å². The van der Waals surface area contributed by atoms with Gasteiger partial charge in [0, 0.05) is 5.75 Å². The van der Waals surface area contributed by atoms with Crippen LogP contribution in [0.25, 0.3) is 0 Å². The maximum atomic E-state index is 11.6. The molecule has 1 rings (SSSR count). The molecule has 1 unspecified atom stereocenters. The van der Waals surface area contributed by atoms with E-state index in [1.807, 2.05) is 0 Å². The first kappa shape index (κ1) is 12.3. The monoisotopic (exact) mass is 234 g/mol. The van der Waals surface area contributed by atoms with Gasteiger partial charge in [-0.1, -0.05) is 11.8 Å². The maximum Gasteiger partial charge on any atom is 0.279 e. The van der Waals surface area contributed by atoms with Crippen LogP contribution in [-0.2, 0) is 4.79 Å². The Bertz CT molecular complexity index is 267. The van der Waals surface area contributed by atoms with Crippen molar-refractivity contribution in [2.45, 2.75) is 18.5 Å². The summed E-state index contributed by atoms with van der Waals surface area (Å²) in [6.07, 6.45) is 0. The third-order valence-electron chi connectivity index (χ3n) is 2.11. The van der Waals surface area contributed by atoms with Crippen LogP contribution in [0.5, 0.6) is 0 Å². The van der Waals surface area contributed by atoms with E-state index in [0.29, 0.717) is 5.75 Å². The van der Waals surface area contributed by atoms with E-state index >= 15 is 0 Å². The number of aliphatic hydroxyl groups excluding tert-OH is 2. The molecule has 15 heavy (non-hydrogen) atoms. The molecule has 0 bridgehead atoms. The van der Waals surface area contributed by atoms with Crippen molar-refractivity contribution in [2.24, 2.45) is 0 Å². The Morgan fingerprint density at radius 3 is 2.67 bits per heavy atom. The van der Waals surface area contributed by atoms with Gasteiger partial charge in [0.15, 0.2) is 0 Å². The topological polar surface area (TPSA) is 98.7 Å². The minimum absolute atomic E-state index is 0.232. The Morgan fingerprint density at radius 2 is 2.27 bits per heavy atom. The van der Waals surface area contributed by atoms with Gasteiger partial charge < -0.3 is 20.8 Å². The number of amides is 2.